The van der Waals surface area contributed by atoms with Crippen molar-refractivity contribution in [2.75, 3.05) is 65.3 Å². The summed E-state index contributed by atoms with van der Waals surface area (Å²) in [6.07, 6.45) is 0. The Morgan fingerprint density at radius 1 is 1.12 bits per heavy atom. The summed E-state index contributed by atoms with van der Waals surface area (Å²) in [5.41, 5.74) is 0. The molecule has 0 aliphatic carbocycles. The fourth-order valence-electron chi connectivity index (χ4n) is 1.64. The van der Waals surface area contributed by atoms with Crippen molar-refractivity contribution in [3.63, 3.8) is 0 Å². The number of morpholine rings is 1. The lowest BCUT2D eigenvalue weighted by atomic mass is 10.4. The monoisotopic (exact) mass is 281 g/mol. The molecule has 1 aliphatic heterocycles. The Kier molecular flexibility index (Phi) is 7.68. The lowest BCUT2D eigenvalue weighted by Crippen LogP contribution is -2.46. The van der Waals surface area contributed by atoms with Gasteiger partial charge < -0.3 is 18.0 Å². The molecule has 0 radical (unpaired) electrons. The van der Waals surface area contributed by atoms with Gasteiger partial charge in [-0.1, -0.05) is 0 Å². The smallest absolute Gasteiger partial charge is 0.379 e. The minimum Gasteiger partial charge on any atom is -0.379 e. The number of nitrogens with zero attached hydrogens (tertiary/aromatic N) is 1. The summed E-state index contributed by atoms with van der Waals surface area (Å²) in [6, 6.07) is 0. The summed E-state index contributed by atoms with van der Waals surface area (Å²) < 4.78 is 21.4. The van der Waals surface area contributed by atoms with Gasteiger partial charge >= 0.3 is 8.80 Å². The van der Waals surface area contributed by atoms with Crippen LogP contribution in [0.3, 0.4) is 0 Å². The van der Waals surface area contributed by atoms with Gasteiger partial charge in [0, 0.05) is 46.7 Å². The van der Waals surface area contributed by atoms with Crippen LogP contribution in [-0.4, -0.2) is 79.0 Å². The molecule has 1 rings (SSSR count). The molecule has 1 aliphatic rings. The first kappa shape index (κ1) is 15.4. The second-order valence-corrected chi connectivity index (χ2v) is 8.36. The Bertz CT molecular complexity index is 192. The van der Waals surface area contributed by atoms with Gasteiger partial charge in [0.15, 0.2) is 0 Å². The summed E-state index contributed by atoms with van der Waals surface area (Å²) in [7, 11) is 2.58. The molecular weight excluding hydrogens is 258 g/mol. The Labute approximate surface area is 109 Å². The lowest BCUT2D eigenvalue weighted by Gasteiger charge is -2.27. The number of hydrogen-bond donors (Lipinski definition) is 0. The van der Waals surface area contributed by atoms with Crippen LogP contribution < -0.4 is 0 Å². The summed E-state index contributed by atoms with van der Waals surface area (Å²) in [5, 5.41) is 0.806. The Hall–Kier alpha value is 0.367. The van der Waals surface area contributed by atoms with Crippen molar-refractivity contribution in [2.24, 2.45) is 0 Å². The van der Waals surface area contributed by atoms with E-state index >= 15 is 0 Å². The first-order chi connectivity index (χ1) is 8.26. The highest BCUT2D eigenvalue weighted by Crippen LogP contribution is 2.14. The van der Waals surface area contributed by atoms with Gasteiger partial charge in [-0.25, -0.2) is 0 Å². The molecule has 0 amide bonds. The second-order valence-electron chi connectivity index (χ2n) is 3.80. The molecule has 0 unspecified atom stereocenters. The molecular formula is C10H23NO4SSi. The van der Waals surface area contributed by atoms with Crippen molar-refractivity contribution < 1.29 is 18.0 Å². The number of thioether (sulfide) groups is 1. The third-order valence-corrected chi connectivity index (χ3v) is 7.44. The fraction of sp³-hybridized carbons (Fsp3) is 1.00. The minimum atomic E-state index is -2.38. The fourth-order valence-corrected chi connectivity index (χ4v) is 5.52. The van der Waals surface area contributed by atoms with Gasteiger partial charge in [-0.2, -0.15) is 11.8 Å². The van der Waals surface area contributed by atoms with E-state index in [0.717, 1.165) is 44.0 Å². The van der Waals surface area contributed by atoms with Crippen LogP contribution in [0.1, 0.15) is 0 Å². The van der Waals surface area contributed by atoms with Gasteiger partial charge in [0.1, 0.15) is 0 Å². The van der Waals surface area contributed by atoms with Crippen molar-refractivity contribution >= 4 is 20.6 Å². The molecule has 17 heavy (non-hydrogen) atoms. The van der Waals surface area contributed by atoms with Crippen molar-refractivity contribution in [1.29, 1.82) is 0 Å². The molecule has 0 bridgehead atoms. The Morgan fingerprint density at radius 3 is 2.24 bits per heavy atom. The van der Waals surface area contributed by atoms with Crippen LogP contribution in [0.25, 0.3) is 0 Å². The normalized spacial score (nSPS) is 18.5. The molecule has 0 N–H and O–H groups in total. The largest absolute Gasteiger partial charge is 0.510 e. The maximum Gasteiger partial charge on any atom is 0.510 e. The SMILES string of the molecule is CO[Si](CSCCN1CCOCC1)(OC)OC. The summed E-state index contributed by atoms with van der Waals surface area (Å²) in [5.74, 6) is 1.07. The van der Waals surface area contributed by atoms with Crippen molar-refractivity contribution in [1.82, 2.24) is 4.90 Å². The molecule has 0 spiro atoms. The van der Waals surface area contributed by atoms with E-state index in [2.05, 4.69) is 4.90 Å². The van der Waals surface area contributed by atoms with Gasteiger partial charge in [-0.3, -0.25) is 4.90 Å². The maximum atomic E-state index is 5.37. The van der Waals surface area contributed by atoms with Crippen LogP contribution in [0.5, 0.6) is 0 Å². The van der Waals surface area contributed by atoms with Crippen LogP contribution in [0.15, 0.2) is 0 Å². The summed E-state index contributed by atoms with van der Waals surface area (Å²) in [6.45, 7) is 4.90. The zero-order valence-electron chi connectivity index (χ0n) is 10.9. The Morgan fingerprint density at radius 2 is 1.71 bits per heavy atom. The molecule has 0 aromatic rings. The molecule has 0 saturated carbocycles. The molecule has 102 valence electrons. The summed E-state index contributed by atoms with van der Waals surface area (Å²) in [4.78, 5) is 2.42. The van der Waals surface area contributed by atoms with Crippen LogP contribution in [0.4, 0.5) is 0 Å². The highest BCUT2D eigenvalue weighted by Gasteiger charge is 2.37. The Balaban J connectivity index is 2.13. The first-order valence-electron chi connectivity index (χ1n) is 5.79. The number of hydrogen-bond acceptors (Lipinski definition) is 6. The topological polar surface area (TPSA) is 40.2 Å². The summed E-state index contributed by atoms with van der Waals surface area (Å²) >= 11 is 1.83. The predicted octanol–water partition coefficient (Wildman–Crippen LogP) is 0.469. The molecule has 0 atom stereocenters. The highest BCUT2D eigenvalue weighted by molar-refractivity contribution is 8.00. The van der Waals surface area contributed by atoms with Crippen LogP contribution in [-0.2, 0) is 18.0 Å². The van der Waals surface area contributed by atoms with E-state index in [1.807, 2.05) is 11.8 Å². The minimum absolute atomic E-state index is 0.806. The predicted molar refractivity (Wildman–Crippen MR) is 71.4 cm³/mol. The van der Waals surface area contributed by atoms with E-state index in [4.69, 9.17) is 18.0 Å². The zero-order chi connectivity index (χ0) is 12.6. The van der Waals surface area contributed by atoms with Crippen molar-refractivity contribution in [2.45, 2.75) is 0 Å². The third kappa shape index (κ3) is 5.25. The van der Waals surface area contributed by atoms with Crippen molar-refractivity contribution in [3.8, 4) is 0 Å². The molecule has 5 nitrogen and oxygen atoms in total. The van der Waals surface area contributed by atoms with Gasteiger partial charge in [0.05, 0.1) is 18.6 Å². The second kappa shape index (κ2) is 8.47. The van der Waals surface area contributed by atoms with Crippen LogP contribution >= 0.6 is 11.8 Å². The van der Waals surface area contributed by atoms with Gasteiger partial charge in [-0.05, 0) is 0 Å². The molecule has 1 heterocycles. The molecule has 7 heteroatoms. The maximum absolute atomic E-state index is 5.37. The van der Waals surface area contributed by atoms with Crippen LogP contribution in [0.2, 0.25) is 0 Å². The van der Waals surface area contributed by atoms with Crippen LogP contribution in [0, 0.1) is 0 Å². The molecule has 0 aromatic carbocycles. The average Bonchev–Trinajstić information content (AvgIpc) is 2.41. The molecule has 1 saturated heterocycles. The molecule has 0 aromatic heterocycles. The standard InChI is InChI=1S/C10H23NO4SSi/c1-12-17(13-2,14-3)10-16-9-6-11-4-7-15-8-5-11/h4-10H2,1-3H3. The molecule has 1 fully saturated rings. The van der Waals surface area contributed by atoms with E-state index in [1.165, 1.54) is 0 Å². The van der Waals surface area contributed by atoms with Gasteiger partial charge in [-0.15, -0.1) is 0 Å². The number of rotatable bonds is 8. The lowest BCUT2D eigenvalue weighted by molar-refractivity contribution is 0.0410. The third-order valence-electron chi connectivity index (χ3n) is 2.87. The van der Waals surface area contributed by atoms with E-state index in [0.29, 0.717) is 0 Å². The van der Waals surface area contributed by atoms with E-state index in [9.17, 15) is 0 Å². The van der Waals surface area contributed by atoms with E-state index in [-0.39, 0.29) is 0 Å². The van der Waals surface area contributed by atoms with Gasteiger partial charge in [0.2, 0.25) is 0 Å². The van der Waals surface area contributed by atoms with Crippen molar-refractivity contribution in [3.05, 3.63) is 0 Å². The average molecular weight is 281 g/mol. The number of ether oxygens (including phenoxy) is 1. The van der Waals surface area contributed by atoms with E-state index < -0.39 is 8.80 Å². The highest BCUT2D eigenvalue weighted by atomic mass is 32.2. The first-order valence-corrected chi connectivity index (χ1v) is 8.88. The van der Waals surface area contributed by atoms with E-state index in [1.54, 1.807) is 21.3 Å². The van der Waals surface area contributed by atoms with Gasteiger partial charge in [0.25, 0.3) is 0 Å². The zero-order valence-corrected chi connectivity index (χ0v) is 12.8. The quantitative estimate of drug-likeness (QED) is 0.476.